The molecule has 4 aromatic rings. The first-order valence-electron chi connectivity index (χ1n) is 11.4. The first kappa shape index (κ1) is 22.7. The standard InChI is InChI=1S/C26H31N5O2/c1-16(2)18-10-12-19(13-11-18)31-24(27)22(26(32)28-14-7-15-33-17(3)4)23-25(31)30-21-9-6-5-8-20(21)29-23/h5-6,8-13,16-17H,7,14-15,27H2,1-4H3,(H,28,32). The van der Waals surface area contributed by atoms with Gasteiger partial charge in [0, 0.05) is 18.8 Å². The van der Waals surface area contributed by atoms with E-state index in [-0.39, 0.29) is 12.0 Å². The summed E-state index contributed by atoms with van der Waals surface area (Å²) in [5.74, 6) is 0.486. The quantitative estimate of drug-likeness (QED) is 0.379. The van der Waals surface area contributed by atoms with E-state index in [9.17, 15) is 4.79 Å². The summed E-state index contributed by atoms with van der Waals surface area (Å²) in [6.45, 7) is 9.36. The van der Waals surface area contributed by atoms with E-state index in [4.69, 9.17) is 20.4 Å². The molecule has 33 heavy (non-hydrogen) atoms. The summed E-state index contributed by atoms with van der Waals surface area (Å²) >= 11 is 0. The average molecular weight is 446 g/mol. The van der Waals surface area contributed by atoms with E-state index in [0.717, 1.165) is 16.7 Å². The highest BCUT2D eigenvalue weighted by Gasteiger charge is 2.24. The molecular weight excluding hydrogens is 414 g/mol. The largest absolute Gasteiger partial charge is 0.384 e. The second kappa shape index (κ2) is 9.58. The molecular formula is C26H31N5O2. The molecule has 172 valence electrons. The lowest BCUT2D eigenvalue weighted by Gasteiger charge is -2.11. The molecule has 0 saturated carbocycles. The third-order valence-electron chi connectivity index (χ3n) is 5.60. The highest BCUT2D eigenvalue weighted by molar-refractivity contribution is 6.11. The van der Waals surface area contributed by atoms with Crippen molar-refractivity contribution < 1.29 is 9.53 Å². The Morgan fingerprint density at radius 3 is 2.33 bits per heavy atom. The smallest absolute Gasteiger partial charge is 0.257 e. The van der Waals surface area contributed by atoms with Crippen molar-refractivity contribution in [1.29, 1.82) is 0 Å². The number of benzene rings is 2. The highest BCUT2D eigenvalue weighted by Crippen LogP contribution is 2.31. The van der Waals surface area contributed by atoms with Crippen LogP contribution in [0, 0.1) is 0 Å². The molecule has 0 aliphatic heterocycles. The van der Waals surface area contributed by atoms with Crippen LogP contribution in [-0.4, -0.2) is 39.7 Å². The number of fused-ring (bicyclic) bond motifs is 2. The number of hydrogen-bond acceptors (Lipinski definition) is 5. The second-order valence-electron chi connectivity index (χ2n) is 8.76. The molecule has 7 nitrogen and oxygen atoms in total. The van der Waals surface area contributed by atoms with Crippen LogP contribution in [0.25, 0.3) is 27.9 Å². The van der Waals surface area contributed by atoms with Crippen molar-refractivity contribution in [2.45, 2.75) is 46.1 Å². The molecule has 0 aliphatic rings. The number of nitrogens with zero attached hydrogens (tertiary/aromatic N) is 3. The van der Waals surface area contributed by atoms with Gasteiger partial charge in [-0.15, -0.1) is 0 Å². The van der Waals surface area contributed by atoms with Crippen molar-refractivity contribution in [3.05, 3.63) is 59.7 Å². The summed E-state index contributed by atoms with van der Waals surface area (Å²) in [6, 6.07) is 15.8. The number of aromatic nitrogens is 3. The number of para-hydroxylation sites is 2. The predicted octanol–water partition coefficient (Wildman–Crippen LogP) is 4.82. The van der Waals surface area contributed by atoms with Gasteiger partial charge in [0.05, 0.1) is 17.1 Å². The number of rotatable bonds is 8. The molecule has 0 saturated heterocycles. The van der Waals surface area contributed by atoms with Gasteiger partial charge in [-0.25, -0.2) is 9.97 Å². The first-order valence-corrected chi connectivity index (χ1v) is 11.4. The molecule has 3 N–H and O–H groups in total. The zero-order valence-corrected chi connectivity index (χ0v) is 19.6. The van der Waals surface area contributed by atoms with Crippen LogP contribution in [0.3, 0.4) is 0 Å². The molecule has 7 heteroatoms. The van der Waals surface area contributed by atoms with Gasteiger partial charge in [0.1, 0.15) is 16.9 Å². The number of carbonyl (C=O) groups excluding carboxylic acids is 1. The Morgan fingerprint density at radius 1 is 1.03 bits per heavy atom. The fourth-order valence-corrected chi connectivity index (χ4v) is 3.84. The number of nitrogens with one attached hydrogen (secondary N) is 1. The topological polar surface area (TPSA) is 95.1 Å². The second-order valence-corrected chi connectivity index (χ2v) is 8.76. The maximum atomic E-state index is 13.2. The minimum atomic E-state index is -0.260. The predicted molar refractivity (Wildman–Crippen MR) is 133 cm³/mol. The van der Waals surface area contributed by atoms with E-state index in [1.54, 1.807) is 0 Å². The number of carbonyl (C=O) groups is 1. The Bertz CT molecular complexity index is 1280. The highest BCUT2D eigenvalue weighted by atomic mass is 16.5. The summed E-state index contributed by atoms with van der Waals surface area (Å²) in [4.78, 5) is 22.8. The van der Waals surface area contributed by atoms with Crippen LogP contribution in [0.2, 0.25) is 0 Å². The molecule has 0 fully saturated rings. The monoisotopic (exact) mass is 445 g/mol. The van der Waals surface area contributed by atoms with Crippen molar-refractivity contribution in [3.8, 4) is 5.69 Å². The number of anilines is 1. The zero-order valence-electron chi connectivity index (χ0n) is 19.6. The van der Waals surface area contributed by atoms with Crippen LogP contribution in [0.5, 0.6) is 0 Å². The molecule has 0 spiro atoms. The Labute approximate surface area is 194 Å². The minimum absolute atomic E-state index is 0.167. The van der Waals surface area contributed by atoms with E-state index in [1.807, 2.05) is 54.8 Å². The third kappa shape index (κ3) is 4.68. The van der Waals surface area contributed by atoms with Gasteiger partial charge in [-0.1, -0.05) is 38.1 Å². The Balaban J connectivity index is 1.76. The average Bonchev–Trinajstić information content (AvgIpc) is 3.07. The Hall–Kier alpha value is -3.45. The molecule has 0 atom stereocenters. The van der Waals surface area contributed by atoms with Crippen LogP contribution >= 0.6 is 0 Å². The lowest BCUT2D eigenvalue weighted by molar-refractivity contribution is 0.0757. The van der Waals surface area contributed by atoms with Crippen LogP contribution < -0.4 is 11.1 Å². The summed E-state index contributed by atoms with van der Waals surface area (Å²) < 4.78 is 7.37. The molecule has 4 rings (SSSR count). The van der Waals surface area contributed by atoms with E-state index < -0.39 is 0 Å². The SMILES string of the molecule is CC(C)OCCCNC(=O)c1c(N)n(-c2ccc(C(C)C)cc2)c2nc3ccccc3nc12. The van der Waals surface area contributed by atoms with E-state index >= 15 is 0 Å². The molecule has 2 aromatic heterocycles. The molecule has 0 unspecified atom stereocenters. The fourth-order valence-electron chi connectivity index (χ4n) is 3.84. The zero-order chi connectivity index (χ0) is 23.5. The first-order chi connectivity index (χ1) is 15.9. The molecule has 2 aromatic carbocycles. The van der Waals surface area contributed by atoms with Crippen molar-refractivity contribution in [2.24, 2.45) is 0 Å². The van der Waals surface area contributed by atoms with Gasteiger partial charge in [0.2, 0.25) is 0 Å². The lowest BCUT2D eigenvalue weighted by atomic mass is 10.0. The van der Waals surface area contributed by atoms with Crippen molar-refractivity contribution in [2.75, 3.05) is 18.9 Å². The van der Waals surface area contributed by atoms with Gasteiger partial charge < -0.3 is 15.8 Å². The normalized spacial score (nSPS) is 11.7. The summed E-state index contributed by atoms with van der Waals surface area (Å²) in [5.41, 5.74) is 11.5. The third-order valence-corrected chi connectivity index (χ3v) is 5.60. The van der Waals surface area contributed by atoms with E-state index in [1.165, 1.54) is 5.56 Å². The molecule has 0 aliphatic carbocycles. The van der Waals surface area contributed by atoms with Gasteiger partial charge in [-0.2, -0.15) is 0 Å². The van der Waals surface area contributed by atoms with Crippen LogP contribution in [-0.2, 0) is 4.74 Å². The van der Waals surface area contributed by atoms with Gasteiger partial charge in [0.15, 0.2) is 5.65 Å². The minimum Gasteiger partial charge on any atom is -0.384 e. The van der Waals surface area contributed by atoms with Gasteiger partial charge in [-0.3, -0.25) is 9.36 Å². The summed E-state index contributed by atoms with van der Waals surface area (Å²) in [7, 11) is 0. The Morgan fingerprint density at radius 2 is 1.70 bits per heavy atom. The Kier molecular flexibility index (Phi) is 6.60. The maximum Gasteiger partial charge on any atom is 0.257 e. The number of nitrogen functional groups attached to an aromatic ring is 1. The number of amides is 1. The van der Waals surface area contributed by atoms with Crippen molar-refractivity contribution in [3.63, 3.8) is 0 Å². The van der Waals surface area contributed by atoms with Gasteiger partial charge in [-0.05, 0) is 56.0 Å². The summed E-state index contributed by atoms with van der Waals surface area (Å²) in [5, 5.41) is 2.96. The maximum absolute atomic E-state index is 13.2. The van der Waals surface area contributed by atoms with Crippen molar-refractivity contribution >= 4 is 33.9 Å². The molecule has 0 radical (unpaired) electrons. The van der Waals surface area contributed by atoms with Crippen LogP contribution in [0.15, 0.2) is 48.5 Å². The number of nitrogens with two attached hydrogens (primary N) is 1. The molecule has 0 bridgehead atoms. The van der Waals surface area contributed by atoms with Crippen LogP contribution in [0.4, 0.5) is 5.82 Å². The van der Waals surface area contributed by atoms with Gasteiger partial charge >= 0.3 is 0 Å². The van der Waals surface area contributed by atoms with Gasteiger partial charge in [0.25, 0.3) is 5.91 Å². The van der Waals surface area contributed by atoms with E-state index in [0.29, 0.717) is 48.0 Å². The number of hydrogen-bond donors (Lipinski definition) is 2. The summed E-state index contributed by atoms with van der Waals surface area (Å²) in [6.07, 6.45) is 0.883. The van der Waals surface area contributed by atoms with Crippen LogP contribution in [0.1, 0.15) is 56.0 Å². The number of ether oxygens (including phenoxy) is 1. The lowest BCUT2D eigenvalue weighted by Crippen LogP contribution is -2.26. The van der Waals surface area contributed by atoms with E-state index in [2.05, 4.69) is 31.3 Å². The van der Waals surface area contributed by atoms with Crippen molar-refractivity contribution in [1.82, 2.24) is 19.9 Å². The molecule has 1 amide bonds. The molecule has 2 heterocycles. The fraction of sp³-hybridized carbons (Fsp3) is 0.346.